The second-order valence-corrected chi connectivity index (χ2v) is 7.06. The highest BCUT2D eigenvalue weighted by Crippen LogP contribution is 2.23. The van der Waals surface area contributed by atoms with Gasteiger partial charge in [-0.2, -0.15) is 0 Å². The summed E-state index contributed by atoms with van der Waals surface area (Å²) in [6.07, 6.45) is 2.20. The Hall–Kier alpha value is -1.85. The van der Waals surface area contributed by atoms with E-state index in [2.05, 4.69) is 62.3 Å². The van der Waals surface area contributed by atoms with E-state index in [1.165, 1.54) is 17.5 Å². The van der Waals surface area contributed by atoms with Crippen molar-refractivity contribution in [3.8, 4) is 0 Å². The van der Waals surface area contributed by atoms with Crippen molar-refractivity contribution in [2.45, 2.75) is 19.4 Å². The van der Waals surface area contributed by atoms with Gasteiger partial charge >= 0.3 is 0 Å². The number of aliphatic imine (C=N–C) groups is 1. The molecule has 0 atom stereocenters. The van der Waals surface area contributed by atoms with E-state index in [1.54, 1.807) is 4.88 Å². The van der Waals surface area contributed by atoms with E-state index in [1.807, 2.05) is 18.4 Å². The molecule has 128 valence electrons. The van der Waals surface area contributed by atoms with Crippen LogP contribution in [0.3, 0.4) is 0 Å². The Morgan fingerprint density at radius 2 is 2.00 bits per heavy atom. The molecule has 1 aromatic carbocycles. The first kappa shape index (κ1) is 17.0. The number of fused-ring (bicyclic) bond motifs is 1. The van der Waals surface area contributed by atoms with Crippen molar-refractivity contribution < 1.29 is 0 Å². The summed E-state index contributed by atoms with van der Waals surface area (Å²) in [6, 6.07) is 12.8. The smallest absolute Gasteiger partial charge is 0.191 e. The predicted molar refractivity (Wildman–Crippen MR) is 103 cm³/mol. The maximum Gasteiger partial charge on any atom is 0.191 e. The van der Waals surface area contributed by atoms with Gasteiger partial charge in [0, 0.05) is 44.6 Å². The van der Waals surface area contributed by atoms with Crippen LogP contribution in [0, 0.1) is 0 Å². The van der Waals surface area contributed by atoms with E-state index in [0.29, 0.717) is 0 Å². The first-order valence-electron chi connectivity index (χ1n) is 8.61. The second-order valence-electron chi connectivity index (χ2n) is 6.06. The molecule has 1 aliphatic rings. The minimum absolute atomic E-state index is 0.888. The summed E-state index contributed by atoms with van der Waals surface area (Å²) in [6.45, 7) is 5.11. The Morgan fingerprint density at radius 1 is 1.17 bits per heavy atom. The Labute approximate surface area is 148 Å². The zero-order valence-electron chi connectivity index (χ0n) is 14.3. The van der Waals surface area contributed by atoms with E-state index in [-0.39, 0.29) is 0 Å². The molecule has 0 unspecified atom stereocenters. The molecule has 2 N–H and O–H groups in total. The van der Waals surface area contributed by atoms with Gasteiger partial charge in [0.25, 0.3) is 0 Å². The van der Waals surface area contributed by atoms with Crippen molar-refractivity contribution in [2.24, 2.45) is 4.99 Å². The Bertz CT molecular complexity index is 650. The summed E-state index contributed by atoms with van der Waals surface area (Å²) < 4.78 is 0. The highest BCUT2D eigenvalue weighted by molar-refractivity contribution is 7.10. The third kappa shape index (κ3) is 4.82. The first-order valence-corrected chi connectivity index (χ1v) is 9.49. The van der Waals surface area contributed by atoms with E-state index in [0.717, 1.165) is 45.1 Å². The predicted octanol–water partition coefficient (Wildman–Crippen LogP) is 2.51. The number of hydrogen-bond donors (Lipinski definition) is 2. The van der Waals surface area contributed by atoms with Gasteiger partial charge in [-0.25, -0.2) is 0 Å². The van der Waals surface area contributed by atoms with Gasteiger partial charge in [0.15, 0.2) is 5.96 Å². The van der Waals surface area contributed by atoms with Crippen LogP contribution < -0.4 is 10.6 Å². The molecular weight excluding hydrogens is 316 g/mol. The van der Waals surface area contributed by atoms with Crippen molar-refractivity contribution in [3.63, 3.8) is 0 Å². The Kier molecular flexibility index (Phi) is 6.26. The largest absolute Gasteiger partial charge is 0.356 e. The summed E-state index contributed by atoms with van der Waals surface area (Å²) in [7, 11) is 1.83. The van der Waals surface area contributed by atoms with Crippen LogP contribution in [0.25, 0.3) is 0 Å². The van der Waals surface area contributed by atoms with Crippen molar-refractivity contribution >= 4 is 17.3 Å². The molecule has 0 fully saturated rings. The van der Waals surface area contributed by atoms with Crippen molar-refractivity contribution in [2.75, 3.05) is 33.2 Å². The Morgan fingerprint density at radius 3 is 2.83 bits per heavy atom. The van der Waals surface area contributed by atoms with Crippen LogP contribution in [0.2, 0.25) is 0 Å². The SMILES string of the molecule is CN=C(NCCc1ccccc1)NCCN1CCc2sccc2C1. The molecule has 0 aliphatic carbocycles. The molecule has 1 aromatic heterocycles. The van der Waals surface area contributed by atoms with Crippen LogP contribution in [-0.4, -0.2) is 44.1 Å². The molecule has 5 heteroatoms. The molecule has 24 heavy (non-hydrogen) atoms. The van der Waals surface area contributed by atoms with E-state index in [9.17, 15) is 0 Å². The van der Waals surface area contributed by atoms with Crippen molar-refractivity contribution in [3.05, 3.63) is 57.8 Å². The van der Waals surface area contributed by atoms with Crippen LogP contribution in [0.15, 0.2) is 46.8 Å². The highest BCUT2D eigenvalue weighted by atomic mass is 32.1. The quantitative estimate of drug-likeness (QED) is 0.626. The molecule has 0 radical (unpaired) electrons. The molecule has 0 bridgehead atoms. The van der Waals surface area contributed by atoms with E-state index >= 15 is 0 Å². The molecule has 3 rings (SSSR count). The van der Waals surface area contributed by atoms with Gasteiger partial charge < -0.3 is 10.6 Å². The Balaban J connectivity index is 1.34. The standard InChI is InChI=1S/C19H26N4S/c1-20-19(21-10-7-16-5-3-2-4-6-16)22-11-13-23-12-8-18-17(15-23)9-14-24-18/h2-6,9,14H,7-8,10-13,15H2,1H3,(H2,20,21,22). The first-order chi connectivity index (χ1) is 11.8. The summed E-state index contributed by atoms with van der Waals surface area (Å²) in [5.74, 6) is 0.888. The highest BCUT2D eigenvalue weighted by Gasteiger charge is 2.16. The lowest BCUT2D eigenvalue weighted by atomic mass is 10.1. The lowest BCUT2D eigenvalue weighted by Gasteiger charge is -2.27. The molecule has 0 saturated carbocycles. The number of thiophene rings is 1. The van der Waals surface area contributed by atoms with Crippen LogP contribution in [0.4, 0.5) is 0 Å². The average molecular weight is 343 g/mol. The fourth-order valence-electron chi connectivity index (χ4n) is 3.02. The van der Waals surface area contributed by atoms with Crippen LogP contribution in [0.1, 0.15) is 16.0 Å². The van der Waals surface area contributed by atoms with Gasteiger partial charge in [-0.15, -0.1) is 11.3 Å². The number of rotatable bonds is 6. The maximum absolute atomic E-state index is 4.31. The zero-order valence-corrected chi connectivity index (χ0v) is 15.1. The molecule has 4 nitrogen and oxygen atoms in total. The van der Waals surface area contributed by atoms with Gasteiger partial charge in [0.05, 0.1) is 0 Å². The van der Waals surface area contributed by atoms with Crippen LogP contribution in [-0.2, 0) is 19.4 Å². The fourth-order valence-corrected chi connectivity index (χ4v) is 3.91. The fraction of sp³-hybridized carbons (Fsp3) is 0.421. The molecule has 0 spiro atoms. The number of guanidine groups is 1. The van der Waals surface area contributed by atoms with Gasteiger partial charge in [-0.3, -0.25) is 9.89 Å². The molecule has 2 heterocycles. The van der Waals surface area contributed by atoms with Crippen molar-refractivity contribution in [1.29, 1.82) is 0 Å². The van der Waals surface area contributed by atoms with E-state index in [4.69, 9.17) is 0 Å². The monoisotopic (exact) mass is 342 g/mol. The summed E-state index contributed by atoms with van der Waals surface area (Å²) in [5.41, 5.74) is 2.86. The third-order valence-electron chi connectivity index (χ3n) is 4.38. The maximum atomic E-state index is 4.31. The van der Waals surface area contributed by atoms with E-state index < -0.39 is 0 Å². The van der Waals surface area contributed by atoms with Crippen molar-refractivity contribution in [1.82, 2.24) is 15.5 Å². The lowest BCUT2D eigenvalue weighted by molar-refractivity contribution is 0.260. The summed E-state index contributed by atoms with van der Waals surface area (Å²) in [4.78, 5) is 8.39. The van der Waals surface area contributed by atoms with Gasteiger partial charge in [-0.05, 0) is 35.4 Å². The third-order valence-corrected chi connectivity index (χ3v) is 5.40. The average Bonchev–Trinajstić information content (AvgIpc) is 3.09. The number of benzene rings is 1. The molecule has 0 amide bonds. The normalized spacial score (nSPS) is 15.1. The molecular formula is C19H26N4S. The number of hydrogen-bond acceptors (Lipinski definition) is 3. The van der Waals surface area contributed by atoms with Gasteiger partial charge in [0.2, 0.25) is 0 Å². The number of nitrogens with zero attached hydrogens (tertiary/aromatic N) is 2. The molecule has 1 aliphatic heterocycles. The molecule has 0 saturated heterocycles. The minimum atomic E-state index is 0.888. The lowest BCUT2D eigenvalue weighted by Crippen LogP contribution is -2.43. The topological polar surface area (TPSA) is 39.7 Å². The van der Waals surface area contributed by atoms with Crippen LogP contribution >= 0.6 is 11.3 Å². The van der Waals surface area contributed by atoms with Crippen LogP contribution in [0.5, 0.6) is 0 Å². The summed E-state index contributed by atoms with van der Waals surface area (Å²) in [5, 5.41) is 9.02. The second kappa shape index (κ2) is 8.85. The number of nitrogens with one attached hydrogen (secondary N) is 2. The van der Waals surface area contributed by atoms with Gasteiger partial charge in [-0.1, -0.05) is 30.3 Å². The summed E-state index contributed by atoms with van der Waals surface area (Å²) >= 11 is 1.90. The minimum Gasteiger partial charge on any atom is -0.356 e. The zero-order chi connectivity index (χ0) is 16.6. The molecule has 2 aromatic rings. The van der Waals surface area contributed by atoms with Gasteiger partial charge in [0.1, 0.15) is 0 Å².